The van der Waals surface area contributed by atoms with Crippen molar-refractivity contribution in [2.24, 2.45) is 0 Å². The Morgan fingerprint density at radius 2 is 1.65 bits per heavy atom. The lowest BCUT2D eigenvalue weighted by Gasteiger charge is -2.31. The first kappa shape index (κ1) is 16.9. The van der Waals surface area contributed by atoms with Crippen LogP contribution in [0.15, 0.2) is 0 Å². The summed E-state index contributed by atoms with van der Waals surface area (Å²) >= 11 is -2.54. The summed E-state index contributed by atoms with van der Waals surface area (Å²) in [4.78, 5) is 0. The fourth-order valence-electron chi connectivity index (χ4n) is 1.49. The van der Waals surface area contributed by atoms with Gasteiger partial charge >= 0.3 is 0 Å². The molecule has 104 valence electrons. The third kappa shape index (κ3) is 5.41. The second-order valence-corrected chi connectivity index (χ2v) is 5.28. The molecule has 0 rings (SSSR count). The Morgan fingerprint density at radius 1 is 1.12 bits per heavy atom. The zero-order chi connectivity index (χ0) is 13.6. The van der Waals surface area contributed by atoms with Gasteiger partial charge in [-0.1, -0.05) is 19.8 Å². The summed E-state index contributed by atoms with van der Waals surface area (Å²) in [6.45, 7) is 3.12. The first-order valence-corrected chi connectivity index (χ1v) is 6.77. The van der Waals surface area contributed by atoms with Crippen molar-refractivity contribution in [2.75, 3.05) is 0 Å². The van der Waals surface area contributed by atoms with Gasteiger partial charge in [0.1, 0.15) is 12.2 Å². The van der Waals surface area contributed by atoms with Crippen molar-refractivity contribution >= 4 is 11.1 Å². The standard InChI is InChI=1S/C10H22O6S/c1-3-4-5-7(17(15)16)9(13)10(14)8(12)6(2)11/h6-14H,3-5H2,1-2H3,(H,15,16)/p-1/t6-,7?,8-,9-,10+/m0/s1. The molecule has 17 heavy (non-hydrogen) atoms. The number of hydrogen-bond acceptors (Lipinski definition) is 6. The van der Waals surface area contributed by atoms with Crippen molar-refractivity contribution in [1.29, 1.82) is 0 Å². The van der Waals surface area contributed by atoms with Crippen molar-refractivity contribution in [3.05, 3.63) is 0 Å². The molecule has 0 fully saturated rings. The summed E-state index contributed by atoms with van der Waals surface area (Å²) in [6.07, 6.45) is -4.55. The summed E-state index contributed by atoms with van der Waals surface area (Å²) in [5.41, 5.74) is 0. The molecular weight excluding hydrogens is 248 g/mol. The number of hydrogen-bond donors (Lipinski definition) is 4. The van der Waals surface area contributed by atoms with Crippen molar-refractivity contribution in [1.82, 2.24) is 0 Å². The number of aliphatic hydroxyl groups is 4. The molecule has 0 amide bonds. The lowest BCUT2D eigenvalue weighted by Crippen LogP contribution is -2.49. The Balaban J connectivity index is 4.59. The van der Waals surface area contributed by atoms with Gasteiger partial charge in [-0.2, -0.15) is 0 Å². The highest BCUT2D eigenvalue weighted by Gasteiger charge is 2.33. The van der Waals surface area contributed by atoms with Crippen molar-refractivity contribution in [3.8, 4) is 0 Å². The van der Waals surface area contributed by atoms with E-state index in [1.165, 1.54) is 6.92 Å². The van der Waals surface area contributed by atoms with Crippen LogP contribution in [0.25, 0.3) is 0 Å². The molecule has 0 aromatic carbocycles. The van der Waals surface area contributed by atoms with Crippen molar-refractivity contribution in [3.63, 3.8) is 0 Å². The van der Waals surface area contributed by atoms with Gasteiger partial charge < -0.3 is 25.0 Å². The smallest absolute Gasteiger partial charge is 0.109 e. The Labute approximate surface area is 104 Å². The first-order valence-electron chi connectivity index (χ1n) is 5.63. The Morgan fingerprint density at radius 3 is 2.00 bits per heavy atom. The lowest BCUT2D eigenvalue weighted by molar-refractivity contribution is -0.101. The van der Waals surface area contributed by atoms with Crippen LogP contribution in [0.4, 0.5) is 0 Å². The summed E-state index contributed by atoms with van der Waals surface area (Å²) in [6, 6.07) is 0. The minimum Gasteiger partial charge on any atom is -0.772 e. The molecule has 0 heterocycles. The molecule has 6 nitrogen and oxygen atoms in total. The maximum atomic E-state index is 10.9. The van der Waals surface area contributed by atoms with Gasteiger partial charge in [-0.05, 0) is 24.4 Å². The highest BCUT2D eigenvalue weighted by atomic mass is 32.2. The fourth-order valence-corrected chi connectivity index (χ4v) is 2.24. The maximum absolute atomic E-state index is 10.9. The van der Waals surface area contributed by atoms with E-state index in [2.05, 4.69) is 0 Å². The Kier molecular flexibility index (Phi) is 8.10. The Bertz CT molecular complexity index is 235. The monoisotopic (exact) mass is 269 g/mol. The predicted octanol–water partition coefficient (Wildman–Crippen LogP) is -1.11. The van der Waals surface area contributed by atoms with Crippen molar-refractivity contribution in [2.45, 2.75) is 62.8 Å². The van der Waals surface area contributed by atoms with E-state index in [4.69, 9.17) is 5.11 Å². The van der Waals surface area contributed by atoms with Gasteiger partial charge in [0.15, 0.2) is 0 Å². The fraction of sp³-hybridized carbons (Fsp3) is 1.00. The third-order valence-corrected chi connectivity index (χ3v) is 3.67. The minimum absolute atomic E-state index is 0.206. The molecular formula is C10H21O6S-. The number of aliphatic hydroxyl groups excluding tert-OH is 4. The molecule has 7 heteroatoms. The normalized spacial score (nSPS) is 22.5. The van der Waals surface area contributed by atoms with Gasteiger partial charge in [-0.25, -0.2) is 0 Å². The highest BCUT2D eigenvalue weighted by Crippen LogP contribution is 2.16. The molecule has 0 spiro atoms. The zero-order valence-corrected chi connectivity index (χ0v) is 10.8. The van der Waals surface area contributed by atoms with E-state index in [1.54, 1.807) is 0 Å². The molecule has 0 aliphatic carbocycles. The highest BCUT2D eigenvalue weighted by molar-refractivity contribution is 7.79. The van der Waals surface area contributed by atoms with Crippen LogP contribution in [0, 0.1) is 0 Å². The Hall–Kier alpha value is -0.0500. The largest absolute Gasteiger partial charge is 0.772 e. The number of unbranched alkanes of at least 4 members (excludes halogenated alkanes) is 1. The van der Waals surface area contributed by atoms with Gasteiger partial charge in [0.2, 0.25) is 0 Å². The van der Waals surface area contributed by atoms with Gasteiger partial charge in [-0.15, -0.1) is 0 Å². The van der Waals surface area contributed by atoms with E-state index >= 15 is 0 Å². The maximum Gasteiger partial charge on any atom is 0.109 e. The van der Waals surface area contributed by atoms with Crippen LogP contribution < -0.4 is 0 Å². The molecule has 0 saturated heterocycles. The van der Waals surface area contributed by atoms with E-state index in [-0.39, 0.29) is 6.42 Å². The SMILES string of the molecule is CCCCC([C@H](O)[C@H](O)[C@@H](O)[C@H](C)O)S(=O)[O-]. The van der Waals surface area contributed by atoms with Crippen LogP contribution in [0.5, 0.6) is 0 Å². The average Bonchev–Trinajstić information content (AvgIpc) is 2.26. The second-order valence-electron chi connectivity index (χ2n) is 4.15. The van der Waals surface area contributed by atoms with Gasteiger partial charge in [-0.3, -0.25) is 4.21 Å². The minimum atomic E-state index is -2.54. The van der Waals surface area contributed by atoms with Crippen molar-refractivity contribution < 1.29 is 29.2 Å². The molecule has 6 atom stereocenters. The molecule has 0 saturated carbocycles. The van der Waals surface area contributed by atoms with Crippen LogP contribution in [-0.4, -0.2) is 58.9 Å². The summed E-state index contributed by atoms with van der Waals surface area (Å²) < 4.78 is 21.9. The van der Waals surface area contributed by atoms with Crippen LogP contribution in [0.2, 0.25) is 0 Å². The van der Waals surface area contributed by atoms with E-state index in [0.29, 0.717) is 6.42 Å². The second kappa shape index (κ2) is 8.12. The quantitative estimate of drug-likeness (QED) is 0.414. The third-order valence-electron chi connectivity index (χ3n) is 2.66. The van der Waals surface area contributed by atoms with Gasteiger partial charge in [0.05, 0.1) is 17.5 Å². The zero-order valence-electron chi connectivity index (χ0n) is 10.0. The van der Waals surface area contributed by atoms with Gasteiger partial charge in [0.25, 0.3) is 0 Å². The molecule has 0 radical (unpaired) electrons. The molecule has 0 aliphatic rings. The van der Waals surface area contributed by atoms with Crippen LogP contribution in [0.1, 0.15) is 33.1 Å². The van der Waals surface area contributed by atoms with E-state index in [0.717, 1.165) is 6.42 Å². The molecule has 0 aromatic rings. The first-order chi connectivity index (χ1) is 7.82. The molecule has 0 aliphatic heterocycles. The average molecular weight is 269 g/mol. The van der Waals surface area contributed by atoms with E-state index < -0.39 is 40.7 Å². The van der Waals surface area contributed by atoms with Gasteiger partial charge in [0, 0.05) is 0 Å². The van der Waals surface area contributed by atoms with Crippen LogP contribution in [0.3, 0.4) is 0 Å². The summed E-state index contributed by atoms with van der Waals surface area (Å²) in [5.74, 6) is 0. The number of rotatable bonds is 8. The van der Waals surface area contributed by atoms with E-state index in [1.807, 2.05) is 6.92 Å². The predicted molar refractivity (Wildman–Crippen MR) is 61.9 cm³/mol. The summed E-state index contributed by atoms with van der Waals surface area (Å²) in [7, 11) is 0. The molecule has 0 aromatic heterocycles. The molecule has 0 bridgehead atoms. The topological polar surface area (TPSA) is 121 Å². The van der Waals surface area contributed by atoms with Crippen LogP contribution in [-0.2, 0) is 11.1 Å². The van der Waals surface area contributed by atoms with E-state index in [9.17, 15) is 24.1 Å². The van der Waals surface area contributed by atoms with Crippen LogP contribution >= 0.6 is 0 Å². The lowest BCUT2D eigenvalue weighted by atomic mass is 9.99. The molecule has 4 N–H and O–H groups in total. The summed E-state index contributed by atoms with van der Waals surface area (Å²) in [5, 5.41) is 36.5. The molecule has 2 unspecified atom stereocenters.